The van der Waals surface area contributed by atoms with Crippen LogP contribution in [0.15, 0.2) is 77.2 Å². The number of anilines is 2. The van der Waals surface area contributed by atoms with Crippen molar-refractivity contribution >= 4 is 17.3 Å². The van der Waals surface area contributed by atoms with E-state index in [0.29, 0.717) is 17.3 Å². The first kappa shape index (κ1) is 20.9. The Morgan fingerprint density at radius 2 is 1.64 bits per heavy atom. The zero-order chi connectivity index (χ0) is 22.6. The molecule has 0 bridgehead atoms. The number of rotatable bonds is 5. The van der Waals surface area contributed by atoms with Gasteiger partial charge in [0.15, 0.2) is 0 Å². The lowest BCUT2D eigenvalue weighted by atomic mass is 10.1. The molecule has 1 aromatic heterocycles. The van der Waals surface area contributed by atoms with Crippen LogP contribution in [0.1, 0.15) is 35.2 Å². The van der Waals surface area contributed by atoms with Gasteiger partial charge in [0.25, 0.3) is 5.91 Å². The second-order valence-electron chi connectivity index (χ2n) is 8.36. The summed E-state index contributed by atoms with van der Waals surface area (Å²) in [5, 5.41) is 11.4. The van der Waals surface area contributed by atoms with Crippen LogP contribution in [-0.4, -0.2) is 29.2 Å². The fraction of sp³-hybridized carbons (Fsp3) is 0.222. The number of piperidine rings is 1. The zero-order valence-corrected chi connectivity index (χ0v) is 18.6. The molecule has 1 saturated heterocycles. The summed E-state index contributed by atoms with van der Waals surface area (Å²) in [6.07, 6.45) is 3.73. The Morgan fingerprint density at radius 3 is 2.42 bits per heavy atom. The average molecular weight is 439 g/mol. The molecule has 1 N–H and O–H groups in total. The normalized spacial score (nSPS) is 13.7. The van der Waals surface area contributed by atoms with E-state index in [-0.39, 0.29) is 5.91 Å². The molecular formula is C27H26N4O2. The van der Waals surface area contributed by atoms with Crippen molar-refractivity contribution in [2.45, 2.75) is 26.2 Å². The fourth-order valence-corrected chi connectivity index (χ4v) is 4.16. The minimum atomic E-state index is -0.150. The molecule has 3 aromatic carbocycles. The van der Waals surface area contributed by atoms with Crippen molar-refractivity contribution in [2.75, 3.05) is 23.3 Å². The Bertz CT molecular complexity index is 1260. The third-order valence-electron chi connectivity index (χ3n) is 6.02. The molecule has 0 radical (unpaired) electrons. The van der Waals surface area contributed by atoms with Crippen molar-refractivity contribution < 1.29 is 9.21 Å². The van der Waals surface area contributed by atoms with Gasteiger partial charge in [0.2, 0.25) is 11.8 Å². The summed E-state index contributed by atoms with van der Waals surface area (Å²) in [4.78, 5) is 15.2. The molecule has 1 fully saturated rings. The van der Waals surface area contributed by atoms with Gasteiger partial charge in [-0.1, -0.05) is 24.3 Å². The summed E-state index contributed by atoms with van der Waals surface area (Å²) in [5.74, 6) is 0.761. The molecule has 1 aliphatic heterocycles. The van der Waals surface area contributed by atoms with E-state index in [1.165, 1.54) is 19.3 Å². The van der Waals surface area contributed by atoms with Crippen molar-refractivity contribution in [3.05, 3.63) is 83.9 Å². The van der Waals surface area contributed by atoms with Crippen molar-refractivity contribution in [1.29, 1.82) is 0 Å². The Balaban J connectivity index is 1.28. The quantitative estimate of drug-likeness (QED) is 0.417. The average Bonchev–Trinajstić information content (AvgIpc) is 3.35. The van der Waals surface area contributed by atoms with Gasteiger partial charge in [-0.3, -0.25) is 4.79 Å². The lowest BCUT2D eigenvalue weighted by Crippen LogP contribution is -2.29. The second kappa shape index (κ2) is 9.28. The van der Waals surface area contributed by atoms with Crippen LogP contribution in [0.25, 0.3) is 22.9 Å². The molecule has 0 atom stereocenters. The van der Waals surface area contributed by atoms with Gasteiger partial charge in [0.05, 0.1) is 0 Å². The summed E-state index contributed by atoms with van der Waals surface area (Å²) in [7, 11) is 0. The van der Waals surface area contributed by atoms with Crippen LogP contribution in [0.3, 0.4) is 0 Å². The standard InChI is InChI=1S/C27H26N4O2/c1-19-8-3-4-11-24(19)27-30-29-26(33-27)21-14-12-20(13-15-21)25(32)28-22-9-7-10-23(18-22)31-16-5-2-6-17-31/h3-4,7-15,18H,2,5-6,16-17H2,1H3,(H,28,32). The largest absolute Gasteiger partial charge is 0.416 e. The van der Waals surface area contributed by atoms with Crippen LogP contribution in [0, 0.1) is 6.92 Å². The van der Waals surface area contributed by atoms with Gasteiger partial charge in [0.1, 0.15) is 0 Å². The van der Waals surface area contributed by atoms with E-state index in [9.17, 15) is 4.79 Å². The topological polar surface area (TPSA) is 71.3 Å². The molecule has 33 heavy (non-hydrogen) atoms. The van der Waals surface area contributed by atoms with Crippen molar-refractivity contribution in [3.63, 3.8) is 0 Å². The van der Waals surface area contributed by atoms with Crippen molar-refractivity contribution in [2.24, 2.45) is 0 Å². The highest BCUT2D eigenvalue weighted by Crippen LogP contribution is 2.27. The molecule has 2 heterocycles. The first-order chi connectivity index (χ1) is 16.2. The molecule has 6 heteroatoms. The molecule has 6 nitrogen and oxygen atoms in total. The third-order valence-corrected chi connectivity index (χ3v) is 6.02. The van der Waals surface area contributed by atoms with Crippen LogP contribution in [0.4, 0.5) is 11.4 Å². The molecule has 1 aliphatic rings. The Kier molecular flexibility index (Phi) is 5.89. The van der Waals surface area contributed by atoms with E-state index in [0.717, 1.165) is 41.2 Å². The predicted molar refractivity (Wildman–Crippen MR) is 130 cm³/mol. The monoisotopic (exact) mass is 438 g/mol. The van der Waals surface area contributed by atoms with E-state index in [1.54, 1.807) is 12.1 Å². The fourth-order valence-electron chi connectivity index (χ4n) is 4.16. The maximum absolute atomic E-state index is 12.8. The summed E-state index contributed by atoms with van der Waals surface area (Å²) in [6.45, 7) is 4.15. The SMILES string of the molecule is Cc1ccccc1-c1nnc(-c2ccc(C(=O)Nc3cccc(N4CCCCC4)c3)cc2)o1. The lowest BCUT2D eigenvalue weighted by molar-refractivity contribution is 0.102. The van der Waals surface area contributed by atoms with Gasteiger partial charge in [-0.25, -0.2) is 0 Å². The number of nitrogens with one attached hydrogen (secondary N) is 1. The molecule has 0 aliphatic carbocycles. The summed E-state index contributed by atoms with van der Waals surface area (Å²) >= 11 is 0. The number of aromatic nitrogens is 2. The van der Waals surface area contributed by atoms with E-state index >= 15 is 0 Å². The van der Waals surface area contributed by atoms with Crippen molar-refractivity contribution in [3.8, 4) is 22.9 Å². The molecule has 0 spiro atoms. The van der Waals surface area contributed by atoms with Crippen LogP contribution in [0.5, 0.6) is 0 Å². The molecule has 5 rings (SSSR count). The van der Waals surface area contributed by atoms with Crippen LogP contribution in [-0.2, 0) is 0 Å². The summed E-state index contributed by atoms with van der Waals surface area (Å²) in [6, 6.07) is 23.2. The summed E-state index contributed by atoms with van der Waals surface area (Å²) < 4.78 is 5.88. The molecule has 4 aromatic rings. The van der Waals surface area contributed by atoms with Gasteiger partial charge < -0.3 is 14.6 Å². The minimum absolute atomic E-state index is 0.150. The van der Waals surface area contributed by atoms with E-state index in [1.807, 2.05) is 61.5 Å². The smallest absolute Gasteiger partial charge is 0.255 e. The second-order valence-corrected chi connectivity index (χ2v) is 8.36. The molecular weight excluding hydrogens is 412 g/mol. The molecule has 0 saturated carbocycles. The number of carbonyl (C=O) groups is 1. The van der Waals surface area contributed by atoms with Crippen LogP contribution in [0.2, 0.25) is 0 Å². The molecule has 0 unspecified atom stereocenters. The minimum Gasteiger partial charge on any atom is -0.416 e. The lowest BCUT2D eigenvalue weighted by Gasteiger charge is -2.29. The Morgan fingerprint density at radius 1 is 0.879 bits per heavy atom. The Labute approximate surface area is 193 Å². The van der Waals surface area contributed by atoms with Gasteiger partial charge in [-0.2, -0.15) is 0 Å². The number of carbonyl (C=O) groups excluding carboxylic acids is 1. The molecule has 166 valence electrons. The first-order valence-corrected chi connectivity index (χ1v) is 11.3. The third kappa shape index (κ3) is 4.65. The number of amides is 1. The van der Waals surface area contributed by atoms with Crippen LogP contribution < -0.4 is 10.2 Å². The first-order valence-electron chi connectivity index (χ1n) is 11.3. The van der Waals surface area contributed by atoms with Gasteiger partial charge >= 0.3 is 0 Å². The van der Waals surface area contributed by atoms with E-state index in [2.05, 4.69) is 26.5 Å². The van der Waals surface area contributed by atoms with Gasteiger partial charge in [-0.15, -0.1) is 10.2 Å². The Hall–Kier alpha value is -3.93. The highest BCUT2D eigenvalue weighted by Gasteiger charge is 2.14. The molecule has 1 amide bonds. The van der Waals surface area contributed by atoms with E-state index < -0.39 is 0 Å². The number of nitrogens with zero attached hydrogens (tertiary/aromatic N) is 3. The van der Waals surface area contributed by atoms with E-state index in [4.69, 9.17) is 4.42 Å². The number of hydrogen-bond acceptors (Lipinski definition) is 5. The summed E-state index contributed by atoms with van der Waals surface area (Å²) in [5.41, 5.74) is 5.28. The maximum Gasteiger partial charge on any atom is 0.255 e. The number of aryl methyl sites for hydroxylation is 1. The van der Waals surface area contributed by atoms with Crippen molar-refractivity contribution in [1.82, 2.24) is 10.2 Å². The zero-order valence-electron chi connectivity index (χ0n) is 18.6. The highest BCUT2D eigenvalue weighted by molar-refractivity contribution is 6.04. The maximum atomic E-state index is 12.8. The number of hydrogen-bond donors (Lipinski definition) is 1. The highest BCUT2D eigenvalue weighted by atomic mass is 16.4. The van der Waals surface area contributed by atoms with Gasteiger partial charge in [0, 0.05) is 41.2 Å². The predicted octanol–water partition coefficient (Wildman–Crippen LogP) is 5.95. The number of benzene rings is 3. The van der Waals surface area contributed by atoms with Crippen LogP contribution >= 0.6 is 0 Å². The van der Waals surface area contributed by atoms with Gasteiger partial charge in [-0.05, 0) is 80.3 Å².